The van der Waals surface area contributed by atoms with Crippen LogP contribution in [-0.2, 0) is 0 Å². The van der Waals surface area contributed by atoms with Gasteiger partial charge in [-0.2, -0.15) is 0 Å². The summed E-state index contributed by atoms with van der Waals surface area (Å²) >= 11 is 5.05. The van der Waals surface area contributed by atoms with Gasteiger partial charge in [0.15, 0.2) is 0 Å². The molecule has 0 radical (unpaired) electrons. The number of nitrogens with one attached hydrogen (secondary N) is 1. The molecule has 0 aliphatic heterocycles. The summed E-state index contributed by atoms with van der Waals surface area (Å²) in [6, 6.07) is 3.85. The first-order valence-corrected chi connectivity index (χ1v) is 7.23. The summed E-state index contributed by atoms with van der Waals surface area (Å²) in [5, 5.41) is 3.34. The zero-order chi connectivity index (χ0) is 14.3. The highest BCUT2D eigenvalue weighted by Gasteiger charge is 2.07. The molecule has 0 unspecified atom stereocenters. The number of hydrogen-bond donors (Lipinski definition) is 2. The van der Waals surface area contributed by atoms with Crippen molar-refractivity contribution in [1.29, 1.82) is 0 Å². The number of nitrogens with zero attached hydrogens (tertiary/aromatic N) is 2. The normalized spacial score (nSPS) is 10.7. The van der Waals surface area contributed by atoms with Crippen LogP contribution in [0.4, 0.5) is 5.82 Å². The van der Waals surface area contributed by atoms with Gasteiger partial charge < -0.3 is 16.0 Å². The Balaban J connectivity index is 2.61. The van der Waals surface area contributed by atoms with Crippen LogP contribution in [0.3, 0.4) is 0 Å². The summed E-state index contributed by atoms with van der Waals surface area (Å²) in [5.41, 5.74) is 7.49. The smallest absolute Gasteiger partial charge is 0.136 e. The van der Waals surface area contributed by atoms with Crippen molar-refractivity contribution in [3.63, 3.8) is 0 Å². The second kappa shape index (κ2) is 8.07. The minimum absolute atomic E-state index is 0.385. The molecule has 1 aromatic rings. The zero-order valence-electron chi connectivity index (χ0n) is 12.1. The summed E-state index contributed by atoms with van der Waals surface area (Å²) in [4.78, 5) is 7.26. The molecule has 0 aromatic carbocycles. The average molecular weight is 280 g/mol. The molecule has 19 heavy (non-hydrogen) atoms. The molecular formula is C14H24N4S. The number of aromatic nitrogens is 1. The molecule has 106 valence electrons. The molecule has 0 saturated carbocycles. The monoisotopic (exact) mass is 280 g/mol. The Labute approximate surface area is 121 Å². The van der Waals surface area contributed by atoms with Gasteiger partial charge in [0.05, 0.1) is 5.56 Å². The molecule has 1 rings (SSSR count). The number of pyridine rings is 1. The van der Waals surface area contributed by atoms with Crippen LogP contribution >= 0.6 is 12.2 Å². The largest absolute Gasteiger partial charge is 0.389 e. The van der Waals surface area contributed by atoms with Gasteiger partial charge in [0.1, 0.15) is 10.8 Å². The summed E-state index contributed by atoms with van der Waals surface area (Å²) in [6.45, 7) is 10.4. The van der Waals surface area contributed by atoms with E-state index < -0.39 is 0 Å². The van der Waals surface area contributed by atoms with Crippen LogP contribution in [0.25, 0.3) is 0 Å². The van der Waals surface area contributed by atoms with Crippen LogP contribution < -0.4 is 11.1 Å². The van der Waals surface area contributed by atoms with Crippen LogP contribution in [0.2, 0.25) is 0 Å². The molecule has 0 saturated heterocycles. The topological polar surface area (TPSA) is 54.2 Å². The van der Waals surface area contributed by atoms with Crippen LogP contribution in [-0.4, -0.2) is 41.1 Å². The molecule has 3 N–H and O–H groups in total. The fourth-order valence-corrected chi connectivity index (χ4v) is 2.13. The molecule has 0 spiro atoms. The van der Waals surface area contributed by atoms with Gasteiger partial charge in [0, 0.05) is 18.8 Å². The van der Waals surface area contributed by atoms with Gasteiger partial charge in [0.25, 0.3) is 0 Å². The number of hydrogen-bond acceptors (Lipinski definition) is 4. The summed E-state index contributed by atoms with van der Waals surface area (Å²) < 4.78 is 0. The van der Waals surface area contributed by atoms with Crippen LogP contribution in [0.1, 0.15) is 31.5 Å². The van der Waals surface area contributed by atoms with E-state index in [4.69, 9.17) is 18.0 Å². The Morgan fingerprint density at radius 2 is 2.11 bits per heavy atom. The second-order valence-electron chi connectivity index (χ2n) is 4.57. The van der Waals surface area contributed by atoms with Crippen LogP contribution in [0.15, 0.2) is 12.1 Å². The van der Waals surface area contributed by atoms with E-state index in [2.05, 4.69) is 29.0 Å². The highest BCUT2D eigenvalue weighted by atomic mass is 32.1. The van der Waals surface area contributed by atoms with Crippen molar-refractivity contribution in [3.8, 4) is 0 Å². The van der Waals surface area contributed by atoms with E-state index >= 15 is 0 Å². The second-order valence-corrected chi connectivity index (χ2v) is 5.01. The molecule has 0 aliphatic carbocycles. The van der Waals surface area contributed by atoms with Gasteiger partial charge in [-0.05, 0) is 38.6 Å². The van der Waals surface area contributed by atoms with E-state index in [0.717, 1.165) is 43.3 Å². The minimum atomic E-state index is 0.385. The zero-order valence-corrected chi connectivity index (χ0v) is 12.9. The quantitative estimate of drug-likeness (QED) is 0.715. The highest BCUT2D eigenvalue weighted by Crippen LogP contribution is 2.13. The van der Waals surface area contributed by atoms with Crippen LogP contribution in [0, 0.1) is 6.92 Å². The molecule has 4 nitrogen and oxygen atoms in total. The summed E-state index contributed by atoms with van der Waals surface area (Å²) in [7, 11) is 0. The number of rotatable bonds is 8. The Kier molecular flexibility index (Phi) is 6.73. The SMILES string of the molecule is CCCN(CC)CCNc1nc(C)ccc1C(N)=S. The predicted molar refractivity (Wildman–Crippen MR) is 85.8 cm³/mol. The molecule has 0 atom stereocenters. The van der Waals surface area contributed by atoms with Gasteiger partial charge in [-0.25, -0.2) is 4.98 Å². The van der Waals surface area contributed by atoms with Crippen molar-refractivity contribution in [1.82, 2.24) is 9.88 Å². The number of nitrogens with two attached hydrogens (primary N) is 1. The van der Waals surface area contributed by atoms with E-state index in [0.29, 0.717) is 4.99 Å². The molecule has 0 bridgehead atoms. The molecule has 1 aromatic heterocycles. The average Bonchev–Trinajstić information content (AvgIpc) is 2.37. The summed E-state index contributed by atoms with van der Waals surface area (Å²) in [5.74, 6) is 0.792. The van der Waals surface area contributed by atoms with Gasteiger partial charge in [-0.1, -0.05) is 26.1 Å². The lowest BCUT2D eigenvalue weighted by Gasteiger charge is -2.20. The number of aryl methyl sites for hydroxylation is 1. The number of thiocarbonyl (C=S) groups is 1. The van der Waals surface area contributed by atoms with Crippen molar-refractivity contribution in [3.05, 3.63) is 23.4 Å². The standard InChI is InChI=1S/C14H24N4S/c1-4-9-18(5-2)10-8-16-14-12(13(15)19)7-6-11(3)17-14/h6-7H,4-5,8-10H2,1-3H3,(H2,15,19)(H,16,17). The van der Waals surface area contributed by atoms with Crippen molar-refractivity contribution in [2.75, 3.05) is 31.5 Å². The maximum Gasteiger partial charge on any atom is 0.136 e. The molecule has 0 fully saturated rings. The van der Waals surface area contributed by atoms with E-state index in [1.54, 1.807) is 0 Å². The Morgan fingerprint density at radius 3 is 2.68 bits per heavy atom. The van der Waals surface area contributed by atoms with E-state index in [9.17, 15) is 0 Å². The highest BCUT2D eigenvalue weighted by molar-refractivity contribution is 7.80. The van der Waals surface area contributed by atoms with Gasteiger partial charge in [0.2, 0.25) is 0 Å². The third-order valence-electron chi connectivity index (χ3n) is 3.01. The van der Waals surface area contributed by atoms with Crippen LogP contribution in [0.5, 0.6) is 0 Å². The molecule has 0 aliphatic rings. The van der Waals surface area contributed by atoms with E-state index in [1.807, 2.05) is 19.1 Å². The molecule has 1 heterocycles. The number of anilines is 1. The Hall–Kier alpha value is -1.20. The fraction of sp³-hybridized carbons (Fsp3) is 0.571. The van der Waals surface area contributed by atoms with Crippen molar-refractivity contribution in [2.45, 2.75) is 27.2 Å². The van der Waals surface area contributed by atoms with Gasteiger partial charge >= 0.3 is 0 Å². The fourth-order valence-electron chi connectivity index (χ4n) is 1.97. The first-order valence-electron chi connectivity index (χ1n) is 6.82. The van der Waals surface area contributed by atoms with Crippen molar-refractivity contribution >= 4 is 23.0 Å². The maximum atomic E-state index is 5.71. The van der Waals surface area contributed by atoms with Gasteiger partial charge in [-0.15, -0.1) is 0 Å². The first-order chi connectivity index (χ1) is 9.08. The lowest BCUT2D eigenvalue weighted by atomic mass is 10.2. The summed E-state index contributed by atoms with van der Waals surface area (Å²) in [6.07, 6.45) is 1.18. The molecule has 5 heteroatoms. The third-order valence-corrected chi connectivity index (χ3v) is 3.23. The van der Waals surface area contributed by atoms with Crippen molar-refractivity contribution in [2.24, 2.45) is 5.73 Å². The predicted octanol–water partition coefficient (Wildman–Crippen LogP) is 2.17. The molecular weight excluding hydrogens is 256 g/mol. The van der Waals surface area contributed by atoms with E-state index in [1.165, 1.54) is 6.42 Å². The molecule has 0 amide bonds. The lowest BCUT2D eigenvalue weighted by Crippen LogP contribution is -2.30. The third kappa shape index (κ3) is 5.12. The first kappa shape index (κ1) is 15.9. The minimum Gasteiger partial charge on any atom is -0.389 e. The Bertz CT molecular complexity index is 420. The van der Waals surface area contributed by atoms with Crippen molar-refractivity contribution < 1.29 is 0 Å². The Morgan fingerprint density at radius 1 is 1.37 bits per heavy atom. The van der Waals surface area contributed by atoms with Gasteiger partial charge in [-0.3, -0.25) is 0 Å². The maximum absolute atomic E-state index is 5.71. The number of likely N-dealkylation sites (N-methyl/N-ethyl adjacent to an activating group) is 1. The lowest BCUT2D eigenvalue weighted by molar-refractivity contribution is 0.300. The van der Waals surface area contributed by atoms with E-state index in [-0.39, 0.29) is 0 Å².